The number of carbonyl (C=O) groups excluding carboxylic acids is 2. The number of aromatic amines is 1. The fraction of sp³-hybridized carbons (Fsp3) is 0.615. The summed E-state index contributed by atoms with van der Waals surface area (Å²) in [5.74, 6) is -0.408. The van der Waals surface area contributed by atoms with Crippen molar-refractivity contribution in [3.63, 3.8) is 0 Å². The SMILES string of the molecule is COc1cc(-c2cc(C(=O)N3CC[C@@H](C(=O)NC4CCC5(CCO5)CC4)CC34CC4)n[nH]2)c(F)cn1. The van der Waals surface area contributed by atoms with E-state index in [2.05, 4.69) is 20.5 Å². The first kappa shape index (κ1) is 23.4. The Morgan fingerprint density at radius 1 is 1.19 bits per heavy atom. The lowest BCUT2D eigenvalue weighted by Crippen LogP contribution is -2.53. The standard InChI is InChI=1S/C26H32FN5O4/c1-35-22-12-18(19(27)15-28-22)20-13-21(31-30-20)24(34)32-10-4-16(14-25(32)7-8-25)23(33)29-17-2-5-26(6-3-17)9-11-36-26/h12-13,15-17H,2-11,14H2,1H3,(H,29,33)(H,30,31)/t16-,17?,26?/m1/s1. The molecule has 2 spiro atoms. The maximum absolute atomic E-state index is 14.3. The van der Waals surface area contributed by atoms with Gasteiger partial charge in [0.05, 0.1) is 31.2 Å². The minimum Gasteiger partial charge on any atom is -0.481 e. The summed E-state index contributed by atoms with van der Waals surface area (Å²) < 4.78 is 25.2. The lowest BCUT2D eigenvalue weighted by atomic mass is 9.77. The first-order chi connectivity index (χ1) is 17.4. The highest BCUT2D eigenvalue weighted by Crippen LogP contribution is 2.50. The van der Waals surface area contributed by atoms with Gasteiger partial charge in [-0.2, -0.15) is 5.10 Å². The number of piperidine rings is 1. The third-order valence-corrected chi connectivity index (χ3v) is 8.68. The Bertz CT molecular complexity index is 1160. The number of likely N-dealkylation sites (tertiary alicyclic amines) is 1. The molecule has 4 fully saturated rings. The maximum Gasteiger partial charge on any atom is 0.274 e. The van der Waals surface area contributed by atoms with Crippen molar-refractivity contribution in [3.05, 3.63) is 29.8 Å². The number of nitrogens with zero attached hydrogens (tertiary/aromatic N) is 3. The van der Waals surface area contributed by atoms with Crippen LogP contribution < -0.4 is 10.1 Å². The van der Waals surface area contributed by atoms with Crippen LogP contribution >= 0.6 is 0 Å². The average molecular weight is 498 g/mol. The molecule has 2 saturated carbocycles. The molecule has 9 nitrogen and oxygen atoms in total. The number of hydrogen-bond donors (Lipinski definition) is 2. The van der Waals surface area contributed by atoms with Gasteiger partial charge < -0.3 is 19.7 Å². The van der Waals surface area contributed by atoms with Crippen molar-refractivity contribution in [1.29, 1.82) is 0 Å². The third-order valence-electron chi connectivity index (χ3n) is 8.68. The van der Waals surface area contributed by atoms with Crippen molar-refractivity contribution in [2.24, 2.45) is 5.92 Å². The van der Waals surface area contributed by atoms with Crippen LogP contribution in [0.5, 0.6) is 5.88 Å². The number of aromatic nitrogens is 3. The minimum absolute atomic E-state index is 0.0829. The zero-order valence-electron chi connectivity index (χ0n) is 20.5. The molecular formula is C26H32FN5O4. The average Bonchev–Trinajstić information content (AvgIpc) is 3.45. The van der Waals surface area contributed by atoms with Crippen molar-refractivity contribution in [1.82, 2.24) is 25.4 Å². The summed E-state index contributed by atoms with van der Waals surface area (Å²) in [7, 11) is 1.46. The Morgan fingerprint density at radius 3 is 2.64 bits per heavy atom. The van der Waals surface area contributed by atoms with E-state index in [0.717, 1.165) is 57.7 Å². The van der Waals surface area contributed by atoms with Gasteiger partial charge in [0, 0.05) is 35.7 Å². The smallest absolute Gasteiger partial charge is 0.274 e. The molecule has 4 aliphatic rings. The molecule has 192 valence electrons. The van der Waals surface area contributed by atoms with E-state index in [1.165, 1.54) is 13.2 Å². The van der Waals surface area contributed by atoms with Crippen LogP contribution in [0.3, 0.4) is 0 Å². The Balaban J connectivity index is 1.09. The van der Waals surface area contributed by atoms with Gasteiger partial charge in [0.15, 0.2) is 11.5 Å². The number of amides is 2. The predicted octanol–water partition coefficient (Wildman–Crippen LogP) is 3.22. The summed E-state index contributed by atoms with van der Waals surface area (Å²) in [6.45, 7) is 1.38. The number of methoxy groups -OCH3 is 1. The Labute approximate surface area is 209 Å². The van der Waals surface area contributed by atoms with Crippen molar-refractivity contribution in [2.75, 3.05) is 20.3 Å². The third kappa shape index (κ3) is 4.15. The molecule has 2 aromatic heterocycles. The van der Waals surface area contributed by atoms with Gasteiger partial charge in [0.1, 0.15) is 0 Å². The fourth-order valence-electron chi connectivity index (χ4n) is 6.19. The van der Waals surface area contributed by atoms with Gasteiger partial charge in [-0.05, 0) is 63.9 Å². The van der Waals surface area contributed by atoms with Crippen LogP contribution in [-0.4, -0.2) is 69.3 Å². The quantitative estimate of drug-likeness (QED) is 0.657. The molecule has 0 unspecified atom stereocenters. The molecule has 36 heavy (non-hydrogen) atoms. The zero-order chi connectivity index (χ0) is 24.9. The largest absolute Gasteiger partial charge is 0.481 e. The molecule has 2 N–H and O–H groups in total. The molecule has 2 amide bonds. The van der Waals surface area contributed by atoms with E-state index in [1.54, 1.807) is 6.07 Å². The maximum atomic E-state index is 14.3. The molecule has 0 bridgehead atoms. The summed E-state index contributed by atoms with van der Waals surface area (Å²) in [6, 6.07) is 3.25. The normalized spacial score (nSPS) is 28.6. The molecule has 2 saturated heterocycles. The Kier molecular flexibility index (Phi) is 5.74. The molecule has 0 aromatic carbocycles. The number of H-pyrrole nitrogens is 1. The van der Waals surface area contributed by atoms with Crippen LogP contribution in [0, 0.1) is 11.7 Å². The first-order valence-electron chi connectivity index (χ1n) is 12.9. The second kappa shape index (κ2) is 8.83. The highest BCUT2D eigenvalue weighted by Gasteiger charge is 2.55. The summed E-state index contributed by atoms with van der Waals surface area (Å²) in [5, 5.41) is 10.2. The van der Waals surface area contributed by atoms with Gasteiger partial charge in [0.25, 0.3) is 5.91 Å². The van der Waals surface area contributed by atoms with Crippen LogP contribution in [0.15, 0.2) is 18.3 Å². The Hall–Kier alpha value is -3.01. The second-order valence-electron chi connectivity index (χ2n) is 10.8. The molecule has 4 heterocycles. The van der Waals surface area contributed by atoms with E-state index in [-0.39, 0.29) is 52.1 Å². The van der Waals surface area contributed by atoms with E-state index in [1.807, 2.05) is 4.90 Å². The number of carbonyl (C=O) groups is 2. The molecule has 6 rings (SSSR count). The lowest BCUT2D eigenvalue weighted by Gasteiger charge is -2.47. The topological polar surface area (TPSA) is 109 Å². The minimum atomic E-state index is -0.530. The number of rotatable bonds is 5. The van der Waals surface area contributed by atoms with Crippen LogP contribution in [-0.2, 0) is 9.53 Å². The van der Waals surface area contributed by atoms with Gasteiger partial charge in [-0.25, -0.2) is 9.37 Å². The number of ether oxygens (including phenoxy) is 2. The summed E-state index contributed by atoms with van der Waals surface area (Å²) in [4.78, 5) is 32.2. The van der Waals surface area contributed by atoms with Crippen LogP contribution in [0.2, 0.25) is 0 Å². The van der Waals surface area contributed by atoms with E-state index < -0.39 is 5.82 Å². The van der Waals surface area contributed by atoms with Gasteiger partial charge in [-0.15, -0.1) is 0 Å². The molecule has 2 aliphatic carbocycles. The van der Waals surface area contributed by atoms with Gasteiger partial charge in [-0.1, -0.05) is 0 Å². The van der Waals surface area contributed by atoms with Crippen LogP contribution in [0.25, 0.3) is 11.3 Å². The lowest BCUT2D eigenvalue weighted by molar-refractivity contribution is -0.168. The summed E-state index contributed by atoms with van der Waals surface area (Å²) in [6.07, 6.45) is 9.30. The fourth-order valence-corrected chi connectivity index (χ4v) is 6.19. The summed E-state index contributed by atoms with van der Waals surface area (Å²) >= 11 is 0. The van der Waals surface area contributed by atoms with Gasteiger partial charge in [-0.3, -0.25) is 14.7 Å². The highest BCUT2D eigenvalue weighted by molar-refractivity contribution is 5.94. The molecule has 1 atom stereocenters. The molecule has 10 heteroatoms. The zero-order valence-corrected chi connectivity index (χ0v) is 20.5. The van der Waals surface area contributed by atoms with Crippen molar-refractivity contribution in [2.45, 2.75) is 75.0 Å². The molecule has 0 radical (unpaired) electrons. The Morgan fingerprint density at radius 2 is 1.97 bits per heavy atom. The molecule has 2 aliphatic heterocycles. The van der Waals surface area contributed by atoms with Crippen molar-refractivity contribution in [3.8, 4) is 17.1 Å². The first-order valence-corrected chi connectivity index (χ1v) is 12.9. The van der Waals surface area contributed by atoms with E-state index in [0.29, 0.717) is 25.1 Å². The molecule has 2 aromatic rings. The number of halogens is 1. The number of hydrogen-bond acceptors (Lipinski definition) is 6. The van der Waals surface area contributed by atoms with Crippen LogP contribution in [0.4, 0.5) is 4.39 Å². The van der Waals surface area contributed by atoms with E-state index in [4.69, 9.17) is 9.47 Å². The van der Waals surface area contributed by atoms with Crippen LogP contribution in [0.1, 0.15) is 68.3 Å². The number of pyridine rings is 1. The van der Waals surface area contributed by atoms with Crippen molar-refractivity contribution < 1.29 is 23.5 Å². The highest BCUT2D eigenvalue weighted by atomic mass is 19.1. The van der Waals surface area contributed by atoms with E-state index >= 15 is 0 Å². The van der Waals surface area contributed by atoms with Gasteiger partial charge in [0.2, 0.25) is 11.8 Å². The number of nitrogens with one attached hydrogen (secondary N) is 2. The monoisotopic (exact) mass is 497 g/mol. The van der Waals surface area contributed by atoms with E-state index in [9.17, 15) is 14.0 Å². The second-order valence-corrected chi connectivity index (χ2v) is 10.8. The predicted molar refractivity (Wildman–Crippen MR) is 128 cm³/mol. The summed E-state index contributed by atoms with van der Waals surface area (Å²) in [5.41, 5.74) is 0.674. The van der Waals surface area contributed by atoms with Crippen molar-refractivity contribution >= 4 is 11.8 Å². The molecular weight excluding hydrogens is 465 g/mol. The van der Waals surface area contributed by atoms with Gasteiger partial charge >= 0.3 is 0 Å².